The van der Waals surface area contributed by atoms with Gasteiger partial charge in [-0.25, -0.2) is 4.79 Å². The van der Waals surface area contributed by atoms with Crippen molar-refractivity contribution in [2.75, 3.05) is 19.7 Å². The maximum absolute atomic E-state index is 12.1. The molecule has 126 valence electrons. The molecule has 0 saturated carbocycles. The first-order chi connectivity index (χ1) is 11.8. The minimum Gasteiger partial charge on any atom is -0.462 e. The van der Waals surface area contributed by atoms with Gasteiger partial charge < -0.3 is 4.74 Å². The van der Waals surface area contributed by atoms with Crippen molar-refractivity contribution >= 4 is 5.97 Å². The number of nitrogens with zero attached hydrogens (tertiary/aromatic N) is 1. The van der Waals surface area contributed by atoms with E-state index in [0.717, 1.165) is 18.7 Å². The second kappa shape index (κ2) is 8.11. The zero-order chi connectivity index (χ0) is 16.8. The van der Waals surface area contributed by atoms with Crippen LogP contribution in [-0.4, -0.2) is 30.6 Å². The van der Waals surface area contributed by atoms with Gasteiger partial charge in [0.15, 0.2) is 0 Å². The number of piperidine rings is 1. The molecular weight excluding hydrogens is 298 g/mol. The Balaban J connectivity index is 1.96. The summed E-state index contributed by atoms with van der Waals surface area (Å²) in [6.07, 6.45) is 3.78. The maximum Gasteiger partial charge on any atom is 0.338 e. The van der Waals surface area contributed by atoms with Crippen molar-refractivity contribution in [3.05, 3.63) is 71.3 Å². The van der Waals surface area contributed by atoms with E-state index < -0.39 is 0 Å². The summed E-state index contributed by atoms with van der Waals surface area (Å²) >= 11 is 0. The lowest BCUT2D eigenvalue weighted by Gasteiger charge is -2.35. The molecular formula is C21H25NO2. The second-order valence-corrected chi connectivity index (χ2v) is 6.26. The summed E-state index contributed by atoms with van der Waals surface area (Å²) in [4.78, 5) is 14.6. The third-order valence-corrected chi connectivity index (χ3v) is 4.58. The van der Waals surface area contributed by atoms with Crippen molar-refractivity contribution in [2.45, 2.75) is 32.2 Å². The first-order valence-corrected chi connectivity index (χ1v) is 8.85. The fourth-order valence-corrected chi connectivity index (χ4v) is 3.48. The molecule has 1 saturated heterocycles. The largest absolute Gasteiger partial charge is 0.462 e. The van der Waals surface area contributed by atoms with E-state index in [2.05, 4.69) is 35.2 Å². The van der Waals surface area contributed by atoms with Gasteiger partial charge in [-0.15, -0.1) is 0 Å². The molecule has 2 aromatic carbocycles. The Morgan fingerprint density at radius 2 is 1.71 bits per heavy atom. The van der Waals surface area contributed by atoms with Gasteiger partial charge in [-0.1, -0.05) is 48.9 Å². The fraction of sp³-hybridized carbons (Fsp3) is 0.381. The minimum atomic E-state index is -0.246. The third kappa shape index (κ3) is 3.85. The third-order valence-electron chi connectivity index (χ3n) is 4.58. The van der Waals surface area contributed by atoms with E-state index in [4.69, 9.17) is 4.74 Å². The van der Waals surface area contributed by atoms with Crippen molar-refractivity contribution in [1.82, 2.24) is 4.90 Å². The molecule has 3 heteroatoms. The van der Waals surface area contributed by atoms with Crippen LogP contribution in [0.5, 0.6) is 0 Å². The quantitative estimate of drug-likeness (QED) is 0.762. The Kier molecular flexibility index (Phi) is 5.65. The van der Waals surface area contributed by atoms with E-state index in [-0.39, 0.29) is 12.0 Å². The number of carbonyl (C=O) groups excluding carboxylic acids is 1. The van der Waals surface area contributed by atoms with E-state index in [1.807, 2.05) is 31.2 Å². The first-order valence-electron chi connectivity index (χ1n) is 8.85. The highest BCUT2D eigenvalue weighted by Gasteiger charge is 2.24. The highest BCUT2D eigenvalue weighted by atomic mass is 16.5. The number of carbonyl (C=O) groups is 1. The van der Waals surface area contributed by atoms with Crippen molar-refractivity contribution in [3.8, 4) is 0 Å². The number of esters is 1. The zero-order valence-corrected chi connectivity index (χ0v) is 14.3. The number of ether oxygens (including phenoxy) is 1. The van der Waals surface area contributed by atoms with E-state index in [0.29, 0.717) is 12.2 Å². The molecule has 3 nitrogen and oxygen atoms in total. The summed E-state index contributed by atoms with van der Waals surface area (Å²) in [5, 5.41) is 0. The van der Waals surface area contributed by atoms with Crippen LogP contribution >= 0.6 is 0 Å². The summed E-state index contributed by atoms with van der Waals surface area (Å²) in [7, 11) is 0. The van der Waals surface area contributed by atoms with Gasteiger partial charge in [0.2, 0.25) is 0 Å². The number of hydrogen-bond donors (Lipinski definition) is 0. The molecule has 2 aromatic rings. The zero-order valence-electron chi connectivity index (χ0n) is 14.3. The number of likely N-dealkylation sites (tertiary alicyclic amines) is 1. The van der Waals surface area contributed by atoms with Gasteiger partial charge in [0.05, 0.1) is 18.2 Å². The van der Waals surface area contributed by atoms with E-state index in [1.165, 1.54) is 24.8 Å². The monoisotopic (exact) mass is 323 g/mol. The Bertz CT molecular complexity index is 663. The molecule has 0 N–H and O–H groups in total. The summed E-state index contributed by atoms with van der Waals surface area (Å²) in [5.41, 5.74) is 3.07. The lowest BCUT2D eigenvalue weighted by molar-refractivity contribution is 0.0526. The maximum atomic E-state index is 12.1. The molecule has 1 atom stereocenters. The Labute approximate surface area is 144 Å². The van der Waals surface area contributed by atoms with Crippen LogP contribution in [-0.2, 0) is 4.74 Å². The lowest BCUT2D eigenvalue weighted by atomic mass is 9.94. The predicted molar refractivity (Wildman–Crippen MR) is 96.1 cm³/mol. The average molecular weight is 323 g/mol. The second-order valence-electron chi connectivity index (χ2n) is 6.26. The van der Waals surface area contributed by atoms with Gasteiger partial charge in [-0.3, -0.25) is 4.90 Å². The molecule has 3 rings (SSSR count). The van der Waals surface area contributed by atoms with Gasteiger partial charge in [-0.05, 0) is 56.1 Å². The minimum absolute atomic E-state index is 0.195. The lowest BCUT2D eigenvalue weighted by Crippen LogP contribution is -2.34. The first kappa shape index (κ1) is 16.7. The van der Waals surface area contributed by atoms with Crippen LogP contribution in [0.4, 0.5) is 0 Å². The molecule has 0 amide bonds. The molecule has 1 aliphatic rings. The predicted octanol–water partition coefficient (Wildman–Crippen LogP) is 4.44. The highest BCUT2D eigenvalue weighted by molar-refractivity contribution is 5.89. The SMILES string of the molecule is CCOC(=O)c1cccc(C(c2ccccc2)N2CCCCC2)c1. The van der Waals surface area contributed by atoms with Crippen LogP contribution in [0.2, 0.25) is 0 Å². The molecule has 0 aromatic heterocycles. The Morgan fingerprint density at radius 1 is 1.00 bits per heavy atom. The van der Waals surface area contributed by atoms with Crippen LogP contribution in [0.15, 0.2) is 54.6 Å². The van der Waals surface area contributed by atoms with Crippen LogP contribution in [0.1, 0.15) is 53.7 Å². The topological polar surface area (TPSA) is 29.5 Å². The van der Waals surface area contributed by atoms with Gasteiger partial charge in [0.1, 0.15) is 0 Å². The normalized spacial score (nSPS) is 16.5. The van der Waals surface area contributed by atoms with Crippen molar-refractivity contribution < 1.29 is 9.53 Å². The standard InChI is InChI=1S/C21H25NO2/c1-2-24-21(23)19-13-9-12-18(16-19)20(17-10-5-3-6-11-17)22-14-7-4-8-15-22/h3,5-6,9-13,16,20H,2,4,7-8,14-15H2,1H3. The molecule has 1 fully saturated rings. The van der Waals surface area contributed by atoms with Gasteiger partial charge >= 0.3 is 5.97 Å². The number of hydrogen-bond acceptors (Lipinski definition) is 3. The summed E-state index contributed by atoms with van der Waals surface area (Å²) < 4.78 is 5.16. The fourth-order valence-electron chi connectivity index (χ4n) is 3.48. The number of benzene rings is 2. The van der Waals surface area contributed by atoms with Crippen LogP contribution in [0.3, 0.4) is 0 Å². The van der Waals surface area contributed by atoms with Crippen molar-refractivity contribution in [3.63, 3.8) is 0 Å². The van der Waals surface area contributed by atoms with Gasteiger partial charge in [0, 0.05) is 0 Å². The molecule has 0 spiro atoms. The van der Waals surface area contributed by atoms with Crippen LogP contribution < -0.4 is 0 Å². The van der Waals surface area contributed by atoms with E-state index in [9.17, 15) is 4.79 Å². The van der Waals surface area contributed by atoms with E-state index >= 15 is 0 Å². The summed E-state index contributed by atoms with van der Waals surface area (Å²) in [6, 6.07) is 18.7. The molecule has 0 radical (unpaired) electrons. The van der Waals surface area contributed by atoms with Gasteiger partial charge in [-0.2, -0.15) is 0 Å². The molecule has 24 heavy (non-hydrogen) atoms. The highest BCUT2D eigenvalue weighted by Crippen LogP contribution is 2.31. The van der Waals surface area contributed by atoms with Crippen molar-refractivity contribution in [1.29, 1.82) is 0 Å². The Morgan fingerprint density at radius 3 is 2.42 bits per heavy atom. The van der Waals surface area contributed by atoms with Gasteiger partial charge in [0.25, 0.3) is 0 Å². The summed E-state index contributed by atoms with van der Waals surface area (Å²) in [5.74, 6) is -0.246. The molecule has 1 unspecified atom stereocenters. The molecule has 0 bridgehead atoms. The smallest absolute Gasteiger partial charge is 0.338 e. The van der Waals surface area contributed by atoms with Crippen molar-refractivity contribution in [2.24, 2.45) is 0 Å². The summed E-state index contributed by atoms with van der Waals surface area (Å²) in [6.45, 7) is 4.44. The average Bonchev–Trinajstić information content (AvgIpc) is 2.64. The van der Waals surface area contributed by atoms with E-state index in [1.54, 1.807) is 0 Å². The van der Waals surface area contributed by atoms with Crippen LogP contribution in [0, 0.1) is 0 Å². The van der Waals surface area contributed by atoms with Crippen LogP contribution in [0.25, 0.3) is 0 Å². The Hall–Kier alpha value is -2.13. The molecule has 1 heterocycles. The molecule has 0 aliphatic carbocycles. The molecule has 1 aliphatic heterocycles. The number of rotatable bonds is 5.